The molecule has 1 unspecified atom stereocenters. The second kappa shape index (κ2) is 7.12. The monoisotopic (exact) mass is 223 g/mol. The van der Waals surface area contributed by atoms with Crippen LogP contribution in [0.4, 0.5) is 5.69 Å². The second-order valence-electron chi connectivity index (χ2n) is 3.88. The normalized spacial score (nSPS) is 12.2. The van der Waals surface area contributed by atoms with Crippen molar-refractivity contribution in [3.8, 4) is 5.75 Å². The van der Waals surface area contributed by atoms with Crippen LogP contribution in [-0.4, -0.2) is 26.4 Å². The van der Waals surface area contributed by atoms with Crippen molar-refractivity contribution in [1.29, 1.82) is 0 Å². The van der Waals surface area contributed by atoms with Gasteiger partial charge in [-0.1, -0.05) is 13.0 Å². The molecule has 1 rings (SSSR count). The predicted molar refractivity (Wildman–Crippen MR) is 67.2 cm³/mol. The lowest BCUT2D eigenvalue weighted by Crippen LogP contribution is -2.20. The first-order chi connectivity index (χ1) is 7.76. The van der Waals surface area contributed by atoms with Gasteiger partial charge in [0.05, 0.1) is 13.2 Å². The van der Waals surface area contributed by atoms with Gasteiger partial charge in [-0.2, -0.15) is 0 Å². The van der Waals surface area contributed by atoms with Gasteiger partial charge >= 0.3 is 0 Å². The summed E-state index contributed by atoms with van der Waals surface area (Å²) in [6.45, 7) is 5.64. The van der Waals surface area contributed by atoms with Crippen molar-refractivity contribution in [2.45, 2.75) is 26.3 Å². The highest BCUT2D eigenvalue weighted by Crippen LogP contribution is 2.18. The summed E-state index contributed by atoms with van der Waals surface area (Å²) in [6, 6.07) is 8.31. The van der Waals surface area contributed by atoms with Crippen molar-refractivity contribution in [1.82, 2.24) is 0 Å². The Morgan fingerprint density at radius 3 is 2.88 bits per heavy atom. The molecule has 0 saturated heterocycles. The smallest absolute Gasteiger partial charge is 0.121 e. The number of ether oxygens (including phenoxy) is 2. The van der Waals surface area contributed by atoms with Gasteiger partial charge in [0.25, 0.3) is 0 Å². The second-order valence-corrected chi connectivity index (χ2v) is 3.88. The molecule has 90 valence electrons. The quantitative estimate of drug-likeness (QED) is 0.771. The van der Waals surface area contributed by atoms with E-state index in [0.29, 0.717) is 12.6 Å². The summed E-state index contributed by atoms with van der Waals surface area (Å²) in [5.74, 6) is 0.913. The molecule has 0 bridgehead atoms. The summed E-state index contributed by atoms with van der Waals surface area (Å²) in [5, 5.41) is 3.35. The molecule has 3 nitrogen and oxygen atoms in total. The van der Waals surface area contributed by atoms with E-state index in [1.54, 1.807) is 7.11 Å². The minimum absolute atomic E-state index is 0.298. The highest BCUT2D eigenvalue weighted by atomic mass is 16.5. The average Bonchev–Trinajstić information content (AvgIpc) is 2.27. The predicted octanol–water partition coefficient (Wildman–Crippen LogP) is 2.92. The largest absolute Gasteiger partial charge is 0.494 e. The Kier molecular flexibility index (Phi) is 5.72. The molecular formula is C13H21NO2. The third-order valence-corrected chi connectivity index (χ3v) is 2.14. The fraction of sp³-hybridized carbons (Fsp3) is 0.538. The summed E-state index contributed by atoms with van der Waals surface area (Å²) in [6.07, 6.45) is 1.03. The highest BCUT2D eigenvalue weighted by Gasteiger charge is 2.01. The Bertz CT molecular complexity index is 302. The molecule has 0 amide bonds. The lowest BCUT2D eigenvalue weighted by molar-refractivity contribution is 0.190. The fourth-order valence-electron chi connectivity index (χ4n) is 1.47. The molecule has 0 radical (unpaired) electrons. The van der Waals surface area contributed by atoms with E-state index in [1.165, 1.54) is 0 Å². The molecule has 0 saturated carbocycles. The van der Waals surface area contributed by atoms with Crippen molar-refractivity contribution in [2.24, 2.45) is 0 Å². The van der Waals surface area contributed by atoms with Gasteiger partial charge in [-0.3, -0.25) is 0 Å². The average molecular weight is 223 g/mol. The van der Waals surface area contributed by atoms with E-state index < -0.39 is 0 Å². The zero-order valence-electron chi connectivity index (χ0n) is 10.3. The van der Waals surface area contributed by atoms with E-state index in [-0.39, 0.29) is 0 Å². The van der Waals surface area contributed by atoms with Crippen LogP contribution in [0, 0.1) is 0 Å². The summed E-state index contributed by atoms with van der Waals surface area (Å²) in [5.41, 5.74) is 1.07. The van der Waals surface area contributed by atoms with Crippen molar-refractivity contribution in [2.75, 3.05) is 25.6 Å². The Labute approximate surface area is 97.8 Å². The molecule has 0 heterocycles. The molecule has 0 aliphatic heterocycles. The van der Waals surface area contributed by atoms with Crippen LogP contribution in [0.3, 0.4) is 0 Å². The van der Waals surface area contributed by atoms with Crippen LogP contribution in [-0.2, 0) is 4.74 Å². The molecule has 0 spiro atoms. The van der Waals surface area contributed by atoms with E-state index >= 15 is 0 Å². The minimum Gasteiger partial charge on any atom is -0.494 e. The Balaban J connectivity index is 2.52. The maximum Gasteiger partial charge on any atom is 0.121 e. The van der Waals surface area contributed by atoms with Crippen molar-refractivity contribution >= 4 is 5.69 Å². The van der Waals surface area contributed by atoms with Crippen LogP contribution < -0.4 is 10.1 Å². The lowest BCUT2D eigenvalue weighted by atomic mass is 10.2. The van der Waals surface area contributed by atoms with Crippen LogP contribution >= 0.6 is 0 Å². The Morgan fingerprint density at radius 1 is 1.38 bits per heavy atom. The molecular weight excluding hydrogens is 202 g/mol. The number of anilines is 1. The number of methoxy groups -OCH3 is 1. The Morgan fingerprint density at radius 2 is 2.19 bits per heavy atom. The van der Waals surface area contributed by atoms with Gasteiger partial charge in [-0.25, -0.2) is 0 Å². The molecule has 0 aliphatic rings. The number of benzene rings is 1. The van der Waals surface area contributed by atoms with Crippen LogP contribution in [0.5, 0.6) is 5.75 Å². The van der Waals surface area contributed by atoms with Crippen molar-refractivity contribution < 1.29 is 9.47 Å². The van der Waals surface area contributed by atoms with E-state index in [4.69, 9.17) is 9.47 Å². The maximum absolute atomic E-state index is 5.57. The first-order valence-electron chi connectivity index (χ1n) is 5.74. The van der Waals surface area contributed by atoms with Gasteiger partial charge in [0, 0.05) is 24.9 Å². The lowest BCUT2D eigenvalue weighted by Gasteiger charge is -2.15. The molecule has 1 aromatic carbocycles. The number of hydrogen-bond donors (Lipinski definition) is 1. The molecule has 0 aromatic heterocycles. The van der Waals surface area contributed by atoms with Gasteiger partial charge in [0.15, 0.2) is 0 Å². The molecule has 1 aromatic rings. The van der Waals surface area contributed by atoms with Gasteiger partial charge in [0.2, 0.25) is 0 Å². The summed E-state index contributed by atoms with van der Waals surface area (Å²) >= 11 is 0. The number of hydrogen-bond acceptors (Lipinski definition) is 3. The van der Waals surface area contributed by atoms with Crippen LogP contribution in [0.2, 0.25) is 0 Å². The molecule has 16 heavy (non-hydrogen) atoms. The zero-order chi connectivity index (χ0) is 11.8. The SMILES string of the molecule is CCCOc1cccc(NC(C)COC)c1. The van der Waals surface area contributed by atoms with Crippen molar-refractivity contribution in [3.63, 3.8) is 0 Å². The standard InChI is InChI=1S/C13H21NO2/c1-4-8-16-13-7-5-6-12(9-13)14-11(2)10-15-3/h5-7,9,11,14H,4,8,10H2,1-3H3. The first kappa shape index (κ1) is 12.8. The Hall–Kier alpha value is -1.22. The van der Waals surface area contributed by atoms with Crippen molar-refractivity contribution in [3.05, 3.63) is 24.3 Å². The minimum atomic E-state index is 0.298. The molecule has 3 heteroatoms. The number of nitrogens with one attached hydrogen (secondary N) is 1. The van der Waals surface area contributed by atoms with Gasteiger partial charge in [-0.15, -0.1) is 0 Å². The topological polar surface area (TPSA) is 30.5 Å². The van der Waals surface area contributed by atoms with Crippen LogP contribution in [0.15, 0.2) is 24.3 Å². The molecule has 1 atom stereocenters. The fourth-order valence-corrected chi connectivity index (χ4v) is 1.47. The summed E-state index contributed by atoms with van der Waals surface area (Å²) in [7, 11) is 1.71. The first-order valence-corrected chi connectivity index (χ1v) is 5.74. The van der Waals surface area contributed by atoms with Crippen LogP contribution in [0.1, 0.15) is 20.3 Å². The van der Waals surface area contributed by atoms with E-state index in [2.05, 4.69) is 19.2 Å². The maximum atomic E-state index is 5.57. The van der Waals surface area contributed by atoms with Gasteiger partial charge < -0.3 is 14.8 Å². The third kappa shape index (κ3) is 4.53. The van der Waals surface area contributed by atoms with Gasteiger partial charge in [-0.05, 0) is 25.5 Å². The summed E-state index contributed by atoms with van der Waals surface area (Å²) in [4.78, 5) is 0. The number of rotatable bonds is 7. The zero-order valence-corrected chi connectivity index (χ0v) is 10.3. The van der Waals surface area contributed by atoms with Gasteiger partial charge in [0.1, 0.15) is 5.75 Å². The molecule has 1 N–H and O–H groups in total. The van der Waals surface area contributed by atoms with E-state index in [9.17, 15) is 0 Å². The molecule has 0 fully saturated rings. The third-order valence-electron chi connectivity index (χ3n) is 2.14. The summed E-state index contributed by atoms with van der Waals surface area (Å²) < 4.78 is 10.6. The highest BCUT2D eigenvalue weighted by molar-refractivity contribution is 5.48. The van der Waals surface area contributed by atoms with E-state index in [0.717, 1.165) is 24.5 Å². The van der Waals surface area contributed by atoms with E-state index in [1.807, 2.05) is 24.3 Å². The molecule has 0 aliphatic carbocycles. The van der Waals surface area contributed by atoms with Crippen LogP contribution in [0.25, 0.3) is 0 Å².